The van der Waals surface area contributed by atoms with E-state index < -0.39 is 0 Å². The van der Waals surface area contributed by atoms with E-state index in [9.17, 15) is 0 Å². The van der Waals surface area contributed by atoms with Crippen LogP contribution in [0.2, 0.25) is 0 Å². The molecule has 1 aromatic carbocycles. The standard InChI is InChI=1S/C12H15B/c1-11(2)8-9-6-4-5-7-10(9)12(11,3)13/h4-7H,8H2,1-3H3. The molecule has 0 saturated heterocycles. The first-order valence-corrected chi connectivity index (χ1v) is 4.82. The van der Waals surface area contributed by atoms with Crippen molar-refractivity contribution >= 4 is 7.85 Å². The second kappa shape index (κ2) is 2.40. The summed E-state index contributed by atoms with van der Waals surface area (Å²) in [6, 6.07) is 8.51. The number of hydrogen-bond acceptors (Lipinski definition) is 0. The van der Waals surface area contributed by atoms with Gasteiger partial charge in [0.25, 0.3) is 0 Å². The Morgan fingerprint density at radius 1 is 1.15 bits per heavy atom. The minimum atomic E-state index is -0.177. The van der Waals surface area contributed by atoms with Gasteiger partial charge in [0.05, 0.1) is 7.85 Å². The maximum absolute atomic E-state index is 6.37. The fourth-order valence-electron chi connectivity index (χ4n) is 2.21. The van der Waals surface area contributed by atoms with Gasteiger partial charge < -0.3 is 0 Å². The minimum Gasteiger partial charge on any atom is -0.0631 e. The molecule has 0 aliphatic heterocycles. The molecular weight excluding hydrogens is 155 g/mol. The van der Waals surface area contributed by atoms with Crippen molar-refractivity contribution in [1.29, 1.82) is 0 Å². The summed E-state index contributed by atoms with van der Waals surface area (Å²) in [5.74, 6) is 0. The Balaban J connectivity index is 2.60. The first kappa shape index (κ1) is 8.86. The van der Waals surface area contributed by atoms with Crippen molar-refractivity contribution in [1.82, 2.24) is 0 Å². The Hall–Kier alpha value is -0.715. The lowest BCUT2D eigenvalue weighted by Gasteiger charge is -2.36. The van der Waals surface area contributed by atoms with Crippen LogP contribution in [0.3, 0.4) is 0 Å². The van der Waals surface area contributed by atoms with E-state index in [4.69, 9.17) is 7.85 Å². The van der Waals surface area contributed by atoms with Crippen LogP contribution in [0.25, 0.3) is 0 Å². The molecule has 66 valence electrons. The molecule has 0 fully saturated rings. The third kappa shape index (κ3) is 1.06. The molecule has 13 heavy (non-hydrogen) atoms. The molecule has 2 radical (unpaired) electrons. The van der Waals surface area contributed by atoms with Crippen molar-refractivity contribution in [2.45, 2.75) is 32.5 Å². The van der Waals surface area contributed by atoms with Crippen LogP contribution in [0, 0.1) is 5.41 Å². The lowest BCUT2D eigenvalue weighted by atomic mass is 9.55. The molecule has 1 atom stereocenters. The summed E-state index contributed by atoms with van der Waals surface area (Å²) in [4.78, 5) is 0. The van der Waals surface area contributed by atoms with Gasteiger partial charge in [-0.25, -0.2) is 0 Å². The number of benzene rings is 1. The molecule has 0 spiro atoms. The first-order valence-electron chi connectivity index (χ1n) is 4.82. The highest BCUT2D eigenvalue weighted by Gasteiger charge is 2.44. The van der Waals surface area contributed by atoms with Crippen LogP contribution in [0.15, 0.2) is 24.3 Å². The van der Waals surface area contributed by atoms with Crippen LogP contribution in [0.4, 0.5) is 0 Å². The summed E-state index contributed by atoms with van der Waals surface area (Å²) in [6.45, 7) is 6.62. The van der Waals surface area contributed by atoms with E-state index in [1.165, 1.54) is 11.1 Å². The minimum absolute atomic E-state index is 0.177. The van der Waals surface area contributed by atoms with Gasteiger partial charge in [-0.1, -0.05) is 45.0 Å². The zero-order valence-electron chi connectivity index (χ0n) is 8.59. The largest absolute Gasteiger partial charge is 0.0814 e. The van der Waals surface area contributed by atoms with Crippen LogP contribution in [-0.4, -0.2) is 7.85 Å². The van der Waals surface area contributed by atoms with E-state index in [2.05, 4.69) is 45.0 Å². The van der Waals surface area contributed by atoms with Crippen molar-refractivity contribution in [3.63, 3.8) is 0 Å². The topological polar surface area (TPSA) is 0 Å². The van der Waals surface area contributed by atoms with E-state index in [0.717, 1.165) is 6.42 Å². The molecule has 0 saturated carbocycles. The molecule has 2 rings (SSSR count). The van der Waals surface area contributed by atoms with E-state index in [-0.39, 0.29) is 10.7 Å². The summed E-state index contributed by atoms with van der Waals surface area (Å²) in [5, 5.41) is -0.177. The predicted molar refractivity (Wildman–Crippen MR) is 57.0 cm³/mol. The third-order valence-electron chi connectivity index (χ3n) is 3.62. The predicted octanol–water partition coefficient (Wildman–Crippen LogP) is 2.65. The van der Waals surface area contributed by atoms with Crippen molar-refractivity contribution in [3.05, 3.63) is 35.4 Å². The number of fused-ring (bicyclic) bond motifs is 1. The van der Waals surface area contributed by atoms with Gasteiger partial charge >= 0.3 is 0 Å². The average molecular weight is 170 g/mol. The van der Waals surface area contributed by atoms with Gasteiger partial charge in [0.2, 0.25) is 0 Å². The molecule has 0 amide bonds. The fraction of sp³-hybridized carbons (Fsp3) is 0.500. The summed E-state index contributed by atoms with van der Waals surface area (Å²) in [5.41, 5.74) is 2.91. The van der Waals surface area contributed by atoms with Crippen LogP contribution < -0.4 is 0 Å². The van der Waals surface area contributed by atoms with Gasteiger partial charge in [-0.2, -0.15) is 0 Å². The summed E-state index contributed by atoms with van der Waals surface area (Å²) >= 11 is 0. The van der Waals surface area contributed by atoms with Gasteiger partial charge in [0.15, 0.2) is 0 Å². The van der Waals surface area contributed by atoms with Crippen molar-refractivity contribution < 1.29 is 0 Å². The molecule has 1 unspecified atom stereocenters. The third-order valence-corrected chi connectivity index (χ3v) is 3.62. The number of rotatable bonds is 0. The lowest BCUT2D eigenvalue weighted by Crippen LogP contribution is -2.35. The molecule has 1 aliphatic carbocycles. The normalized spacial score (nSPS) is 30.1. The zero-order chi connectivity index (χ0) is 9.69. The Kier molecular flexibility index (Phi) is 1.64. The second-order valence-corrected chi connectivity index (χ2v) is 4.92. The molecular formula is C12H15B. The van der Waals surface area contributed by atoms with Crippen LogP contribution >= 0.6 is 0 Å². The molecule has 0 aromatic heterocycles. The maximum atomic E-state index is 6.37. The van der Waals surface area contributed by atoms with E-state index in [1.54, 1.807) is 0 Å². The second-order valence-electron chi connectivity index (χ2n) is 4.92. The lowest BCUT2D eigenvalue weighted by molar-refractivity contribution is 0.290. The van der Waals surface area contributed by atoms with E-state index in [0.29, 0.717) is 0 Å². The smallest absolute Gasteiger partial charge is 0.0631 e. The average Bonchev–Trinajstić information content (AvgIpc) is 2.20. The van der Waals surface area contributed by atoms with Gasteiger partial charge in [-0.05, 0) is 28.3 Å². The highest BCUT2D eigenvalue weighted by molar-refractivity contribution is 6.16. The van der Waals surface area contributed by atoms with Gasteiger partial charge in [0.1, 0.15) is 0 Å². The van der Waals surface area contributed by atoms with Gasteiger partial charge in [-0.15, -0.1) is 0 Å². The van der Waals surface area contributed by atoms with Gasteiger partial charge in [-0.3, -0.25) is 0 Å². The summed E-state index contributed by atoms with van der Waals surface area (Å²) < 4.78 is 0. The first-order chi connectivity index (χ1) is 5.95. The summed E-state index contributed by atoms with van der Waals surface area (Å²) in [6.07, 6.45) is 1.09. The molecule has 1 heteroatoms. The quantitative estimate of drug-likeness (QED) is 0.525. The molecule has 0 nitrogen and oxygen atoms in total. The molecule has 0 heterocycles. The highest BCUT2D eigenvalue weighted by Crippen LogP contribution is 2.48. The van der Waals surface area contributed by atoms with Gasteiger partial charge in [0, 0.05) is 0 Å². The van der Waals surface area contributed by atoms with Crippen molar-refractivity contribution in [2.24, 2.45) is 5.41 Å². The van der Waals surface area contributed by atoms with Crippen molar-refractivity contribution in [2.75, 3.05) is 0 Å². The van der Waals surface area contributed by atoms with Crippen LogP contribution in [0.1, 0.15) is 31.9 Å². The Morgan fingerprint density at radius 3 is 2.38 bits per heavy atom. The fourth-order valence-corrected chi connectivity index (χ4v) is 2.21. The molecule has 1 aliphatic rings. The highest BCUT2D eigenvalue weighted by atomic mass is 14.4. The Labute approximate surface area is 81.8 Å². The van der Waals surface area contributed by atoms with Crippen molar-refractivity contribution in [3.8, 4) is 0 Å². The molecule has 1 aromatic rings. The zero-order valence-corrected chi connectivity index (χ0v) is 8.59. The Bertz CT molecular complexity index is 337. The van der Waals surface area contributed by atoms with E-state index >= 15 is 0 Å². The molecule has 0 N–H and O–H groups in total. The Morgan fingerprint density at radius 2 is 1.77 bits per heavy atom. The summed E-state index contributed by atoms with van der Waals surface area (Å²) in [7, 11) is 6.37. The SMILES string of the molecule is [B]C1(C)c2ccccc2CC1(C)C. The number of hydrogen-bond donors (Lipinski definition) is 0. The maximum Gasteiger partial charge on any atom is 0.0814 e. The van der Waals surface area contributed by atoms with Crippen LogP contribution in [0.5, 0.6) is 0 Å². The van der Waals surface area contributed by atoms with E-state index in [1.807, 2.05) is 0 Å². The molecule has 0 bridgehead atoms. The van der Waals surface area contributed by atoms with Crippen LogP contribution in [-0.2, 0) is 11.7 Å². The monoisotopic (exact) mass is 170 g/mol.